The zero-order valence-corrected chi connectivity index (χ0v) is 16.5. The lowest BCUT2D eigenvalue weighted by Gasteiger charge is -2.34. The van der Waals surface area contributed by atoms with Gasteiger partial charge < -0.3 is 20.4 Å². The van der Waals surface area contributed by atoms with Crippen LogP contribution in [0.15, 0.2) is 48.5 Å². The van der Waals surface area contributed by atoms with Crippen LogP contribution in [-0.2, 0) is 11.3 Å². The highest BCUT2D eigenvalue weighted by Gasteiger charge is 2.14. The summed E-state index contributed by atoms with van der Waals surface area (Å²) in [6.07, 6.45) is 0.421. The minimum atomic E-state index is 0.00834. The maximum absolute atomic E-state index is 12.1. The van der Waals surface area contributed by atoms with Gasteiger partial charge in [-0.25, -0.2) is 0 Å². The lowest BCUT2D eigenvalue weighted by atomic mass is 10.2. The second-order valence-corrected chi connectivity index (χ2v) is 7.31. The van der Waals surface area contributed by atoms with E-state index >= 15 is 0 Å². The number of rotatable bonds is 7. The van der Waals surface area contributed by atoms with Crippen molar-refractivity contribution in [3.63, 3.8) is 0 Å². The van der Waals surface area contributed by atoms with E-state index in [1.54, 1.807) is 0 Å². The minimum absolute atomic E-state index is 0.00834. The third-order valence-corrected chi connectivity index (χ3v) is 5.19. The molecule has 2 N–H and O–H groups in total. The van der Waals surface area contributed by atoms with Crippen molar-refractivity contribution in [1.82, 2.24) is 10.2 Å². The smallest absolute Gasteiger partial charge is 0.225 e. The molecule has 0 spiro atoms. The molecular weight excluding hydrogens is 360 g/mol. The van der Waals surface area contributed by atoms with Crippen LogP contribution in [-0.4, -0.2) is 50.6 Å². The zero-order valence-electron chi connectivity index (χ0n) is 15.7. The van der Waals surface area contributed by atoms with E-state index in [0.29, 0.717) is 19.5 Å². The molecule has 3 rings (SSSR count). The quantitative estimate of drug-likeness (QED) is 0.717. The molecule has 6 heteroatoms. The molecule has 2 aromatic rings. The number of piperazine rings is 1. The maximum Gasteiger partial charge on any atom is 0.225 e. The number of likely N-dealkylation sites (N-methyl/N-ethyl adjacent to an activating group) is 1. The van der Waals surface area contributed by atoms with Crippen LogP contribution in [0, 0.1) is 0 Å². The fraction of sp³-hybridized carbons (Fsp3) is 0.381. The van der Waals surface area contributed by atoms with Crippen molar-refractivity contribution < 1.29 is 4.79 Å². The van der Waals surface area contributed by atoms with Crippen LogP contribution in [0.3, 0.4) is 0 Å². The molecule has 0 unspecified atom stereocenters. The molecule has 2 aromatic carbocycles. The SMILES string of the molecule is CN1CCN(c2ccc(NC(=O)CCNCc3ccccc3Cl)cc2)CC1. The lowest BCUT2D eigenvalue weighted by molar-refractivity contribution is -0.116. The number of carbonyl (C=O) groups excluding carboxylic acids is 1. The van der Waals surface area contributed by atoms with Crippen molar-refractivity contribution in [2.45, 2.75) is 13.0 Å². The Morgan fingerprint density at radius 2 is 1.74 bits per heavy atom. The zero-order chi connectivity index (χ0) is 19.1. The third-order valence-electron chi connectivity index (χ3n) is 4.82. The van der Waals surface area contributed by atoms with Crippen molar-refractivity contribution in [3.8, 4) is 0 Å². The average Bonchev–Trinajstić information content (AvgIpc) is 2.68. The lowest BCUT2D eigenvalue weighted by Crippen LogP contribution is -2.44. The Labute approximate surface area is 166 Å². The number of anilines is 2. The molecule has 5 nitrogen and oxygen atoms in total. The van der Waals surface area contributed by atoms with Crippen LogP contribution >= 0.6 is 11.6 Å². The van der Waals surface area contributed by atoms with Gasteiger partial charge in [-0.3, -0.25) is 4.79 Å². The first-order valence-corrected chi connectivity index (χ1v) is 9.77. The van der Waals surface area contributed by atoms with Crippen LogP contribution in [0.5, 0.6) is 0 Å². The summed E-state index contributed by atoms with van der Waals surface area (Å²) in [5.41, 5.74) is 3.09. The summed E-state index contributed by atoms with van der Waals surface area (Å²) < 4.78 is 0. The number of nitrogens with zero attached hydrogens (tertiary/aromatic N) is 2. The molecule has 0 bridgehead atoms. The highest BCUT2D eigenvalue weighted by Crippen LogP contribution is 2.19. The second kappa shape index (κ2) is 9.74. The first kappa shape index (κ1) is 19.7. The van der Waals surface area contributed by atoms with E-state index in [1.165, 1.54) is 5.69 Å². The van der Waals surface area contributed by atoms with Crippen LogP contribution in [0.25, 0.3) is 0 Å². The summed E-state index contributed by atoms with van der Waals surface area (Å²) in [5.74, 6) is 0.00834. The molecular formula is C21H27ClN4O. The Morgan fingerprint density at radius 1 is 1.04 bits per heavy atom. The van der Waals surface area contributed by atoms with Gasteiger partial charge in [0.05, 0.1) is 0 Å². The number of carbonyl (C=O) groups is 1. The molecule has 1 aliphatic rings. The largest absolute Gasteiger partial charge is 0.369 e. The number of nitrogens with one attached hydrogen (secondary N) is 2. The van der Waals surface area contributed by atoms with E-state index in [9.17, 15) is 4.79 Å². The number of amides is 1. The van der Waals surface area contributed by atoms with E-state index in [-0.39, 0.29) is 5.91 Å². The molecule has 27 heavy (non-hydrogen) atoms. The number of halogens is 1. The monoisotopic (exact) mass is 386 g/mol. The number of benzene rings is 2. The normalized spacial score (nSPS) is 15.0. The van der Waals surface area contributed by atoms with Crippen molar-refractivity contribution >= 4 is 28.9 Å². The highest BCUT2D eigenvalue weighted by atomic mass is 35.5. The molecule has 144 valence electrons. The van der Waals surface area contributed by atoms with E-state index < -0.39 is 0 Å². The first-order chi connectivity index (χ1) is 13.1. The van der Waals surface area contributed by atoms with Crippen molar-refractivity contribution in [2.24, 2.45) is 0 Å². The molecule has 0 aliphatic carbocycles. The number of hydrogen-bond donors (Lipinski definition) is 2. The van der Waals surface area contributed by atoms with Crippen molar-refractivity contribution in [3.05, 3.63) is 59.1 Å². The van der Waals surface area contributed by atoms with Gasteiger partial charge in [0.25, 0.3) is 0 Å². The summed E-state index contributed by atoms with van der Waals surface area (Å²) in [6, 6.07) is 15.8. The van der Waals surface area contributed by atoms with Gasteiger partial charge in [0.2, 0.25) is 5.91 Å². The molecule has 0 aromatic heterocycles. The van der Waals surface area contributed by atoms with Gasteiger partial charge in [-0.1, -0.05) is 29.8 Å². The molecule has 0 atom stereocenters. The van der Waals surface area contributed by atoms with Crippen LogP contribution in [0.2, 0.25) is 5.02 Å². The van der Waals surface area contributed by atoms with Gasteiger partial charge in [0.15, 0.2) is 0 Å². The Bertz CT molecular complexity index is 742. The Balaban J connectivity index is 1.39. The summed E-state index contributed by atoms with van der Waals surface area (Å²) >= 11 is 6.12. The molecule has 1 heterocycles. The summed E-state index contributed by atoms with van der Waals surface area (Å²) in [5, 5.41) is 6.96. The summed E-state index contributed by atoms with van der Waals surface area (Å²) in [7, 11) is 2.15. The molecule has 1 saturated heterocycles. The molecule has 0 radical (unpaired) electrons. The summed E-state index contributed by atoms with van der Waals surface area (Å²) in [6.45, 7) is 5.51. The highest BCUT2D eigenvalue weighted by molar-refractivity contribution is 6.31. The van der Waals surface area contributed by atoms with Gasteiger partial charge in [-0.15, -0.1) is 0 Å². The van der Waals surface area contributed by atoms with Crippen molar-refractivity contribution in [2.75, 3.05) is 50.0 Å². The maximum atomic E-state index is 12.1. The second-order valence-electron chi connectivity index (χ2n) is 6.90. The van der Waals surface area contributed by atoms with Gasteiger partial charge in [-0.2, -0.15) is 0 Å². The predicted molar refractivity (Wildman–Crippen MR) is 113 cm³/mol. The Morgan fingerprint density at radius 3 is 2.44 bits per heavy atom. The van der Waals surface area contributed by atoms with Crippen LogP contribution in [0.4, 0.5) is 11.4 Å². The Hall–Kier alpha value is -2.08. The van der Waals surface area contributed by atoms with Gasteiger partial charge in [0, 0.05) is 62.1 Å². The minimum Gasteiger partial charge on any atom is -0.369 e. The van der Waals surface area contributed by atoms with Crippen LogP contribution < -0.4 is 15.5 Å². The third kappa shape index (κ3) is 5.96. The van der Waals surface area contributed by atoms with Gasteiger partial charge in [0.1, 0.15) is 0 Å². The summed E-state index contributed by atoms with van der Waals surface area (Å²) in [4.78, 5) is 16.8. The molecule has 1 aliphatic heterocycles. The van der Waals surface area contributed by atoms with Gasteiger partial charge >= 0.3 is 0 Å². The fourth-order valence-corrected chi connectivity index (χ4v) is 3.31. The van der Waals surface area contributed by atoms with Crippen LogP contribution in [0.1, 0.15) is 12.0 Å². The van der Waals surface area contributed by atoms with E-state index in [0.717, 1.165) is 42.5 Å². The first-order valence-electron chi connectivity index (χ1n) is 9.39. The van der Waals surface area contributed by atoms with E-state index in [4.69, 9.17) is 11.6 Å². The standard InChI is InChI=1S/C21H27ClN4O/c1-25-12-14-26(15-13-25)19-8-6-18(7-9-19)24-21(27)10-11-23-16-17-4-2-3-5-20(17)22/h2-9,23H,10-16H2,1H3,(H,24,27). The fourth-order valence-electron chi connectivity index (χ4n) is 3.11. The number of hydrogen-bond acceptors (Lipinski definition) is 4. The average molecular weight is 387 g/mol. The van der Waals surface area contributed by atoms with Gasteiger partial charge in [-0.05, 0) is 42.9 Å². The molecule has 1 fully saturated rings. The van der Waals surface area contributed by atoms with E-state index in [2.05, 4.69) is 39.6 Å². The van der Waals surface area contributed by atoms with E-state index in [1.807, 2.05) is 36.4 Å². The topological polar surface area (TPSA) is 47.6 Å². The van der Waals surface area contributed by atoms with Crippen molar-refractivity contribution in [1.29, 1.82) is 0 Å². The molecule has 0 saturated carbocycles. The predicted octanol–water partition coefficient (Wildman–Crippen LogP) is 3.21. The Kier molecular flexibility index (Phi) is 7.10. The molecule has 1 amide bonds.